The van der Waals surface area contributed by atoms with Gasteiger partial charge in [-0.05, 0) is 31.4 Å². The molecular weight excluding hydrogens is 250 g/mol. The third-order valence-corrected chi connectivity index (χ3v) is 4.91. The SMILES string of the molecule is NCC1(NS(=O)(=O)CCc2ccccn2)CCC1. The van der Waals surface area contributed by atoms with Crippen molar-refractivity contribution in [2.24, 2.45) is 5.73 Å². The number of nitrogens with two attached hydrogens (primary N) is 1. The molecule has 18 heavy (non-hydrogen) atoms. The summed E-state index contributed by atoms with van der Waals surface area (Å²) in [4.78, 5) is 4.12. The van der Waals surface area contributed by atoms with E-state index in [2.05, 4.69) is 9.71 Å². The van der Waals surface area contributed by atoms with Crippen LogP contribution in [-0.2, 0) is 16.4 Å². The molecule has 1 heterocycles. The molecule has 0 radical (unpaired) electrons. The third-order valence-electron chi connectivity index (χ3n) is 3.43. The van der Waals surface area contributed by atoms with E-state index in [1.807, 2.05) is 18.2 Å². The minimum Gasteiger partial charge on any atom is -0.329 e. The van der Waals surface area contributed by atoms with Crippen molar-refractivity contribution < 1.29 is 8.42 Å². The number of rotatable bonds is 6. The molecule has 0 aliphatic heterocycles. The van der Waals surface area contributed by atoms with Gasteiger partial charge in [-0.1, -0.05) is 6.07 Å². The Labute approximate surface area is 108 Å². The largest absolute Gasteiger partial charge is 0.329 e. The number of hydrogen-bond donors (Lipinski definition) is 2. The van der Waals surface area contributed by atoms with E-state index in [-0.39, 0.29) is 11.3 Å². The number of hydrogen-bond acceptors (Lipinski definition) is 4. The van der Waals surface area contributed by atoms with Crippen LogP contribution in [0, 0.1) is 0 Å². The lowest BCUT2D eigenvalue weighted by atomic mass is 9.78. The van der Waals surface area contributed by atoms with Gasteiger partial charge < -0.3 is 5.73 Å². The molecule has 2 rings (SSSR count). The summed E-state index contributed by atoms with van der Waals surface area (Å²) in [7, 11) is -3.28. The first kappa shape index (κ1) is 13.5. The first-order valence-corrected chi connectivity index (χ1v) is 7.82. The van der Waals surface area contributed by atoms with Crippen LogP contribution in [0.1, 0.15) is 25.0 Å². The highest BCUT2D eigenvalue weighted by Gasteiger charge is 2.38. The van der Waals surface area contributed by atoms with Gasteiger partial charge in [0, 0.05) is 30.4 Å². The van der Waals surface area contributed by atoms with Gasteiger partial charge in [-0.15, -0.1) is 0 Å². The fourth-order valence-electron chi connectivity index (χ4n) is 2.12. The molecule has 0 atom stereocenters. The van der Waals surface area contributed by atoms with Crippen molar-refractivity contribution in [3.05, 3.63) is 30.1 Å². The maximum absolute atomic E-state index is 12.0. The quantitative estimate of drug-likeness (QED) is 0.784. The lowest BCUT2D eigenvalue weighted by Gasteiger charge is -2.41. The van der Waals surface area contributed by atoms with Gasteiger partial charge in [0.05, 0.1) is 5.75 Å². The van der Waals surface area contributed by atoms with Crippen molar-refractivity contribution in [1.82, 2.24) is 9.71 Å². The zero-order valence-corrected chi connectivity index (χ0v) is 11.1. The number of sulfonamides is 1. The molecule has 0 spiro atoms. The Balaban J connectivity index is 1.92. The topological polar surface area (TPSA) is 85.1 Å². The Hall–Kier alpha value is -0.980. The van der Waals surface area contributed by atoms with Crippen LogP contribution in [-0.4, -0.2) is 31.2 Å². The lowest BCUT2D eigenvalue weighted by molar-refractivity contribution is 0.230. The van der Waals surface area contributed by atoms with Crippen molar-refractivity contribution >= 4 is 10.0 Å². The lowest BCUT2D eigenvalue weighted by Crippen LogP contribution is -2.58. The summed E-state index contributed by atoms with van der Waals surface area (Å²) in [5.74, 6) is 0.0613. The second-order valence-electron chi connectivity index (χ2n) is 4.83. The van der Waals surface area contributed by atoms with Gasteiger partial charge >= 0.3 is 0 Å². The van der Waals surface area contributed by atoms with E-state index < -0.39 is 10.0 Å². The Kier molecular flexibility index (Phi) is 3.99. The van der Waals surface area contributed by atoms with Gasteiger partial charge in [-0.3, -0.25) is 4.98 Å². The van der Waals surface area contributed by atoms with Gasteiger partial charge in [0.25, 0.3) is 0 Å². The molecule has 100 valence electrons. The smallest absolute Gasteiger partial charge is 0.212 e. The Morgan fingerprint density at radius 1 is 1.39 bits per heavy atom. The first-order chi connectivity index (χ1) is 8.55. The summed E-state index contributed by atoms with van der Waals surface area (Å²) in [5.41, 5.74) is 6.05. The standard InChI is InChI=1S/C12H19N3O2S/c13-10-12(6-3-7-12)15-18(16,17)9-5-11-4-1-2-8-14-11/h1-2,4,8,15H,3,5-7,9-10,13H2. The molecule has 1 aliphatic rings. The fourth-order valence-corrected chi connectivity index (χ4v) is 3.64. The molecule has 0 unspecified atom stereocenters. The highest BCUT2D eigenvalue weighted by Crippen LogP contribution is 2.31. The second-order valence-corrected chi connectivity index (χ2v) is 6.67. The van der Waals surface area contributed by atoms with Crippen molar-refractivity contribution in [2.75, 3.05) is 12.3 Å². The Bertz CT molecular complexity index is 478. The van der Waals surface area contributed by atoms with Crippen LogP contribution in [0.4, 0.5) is 0 Å². The number of aromatic nitrogens is 1. The number of nitrogens with one attached hydrogen (secondary N) is 1. The molecule has 6 heteroatoms. The summed E-state index contributed by atoms with van der Waals surface area (Å²) in [6.45, 7) is 0.371. The van der Waals surface area contributed by atoms with Crippen molar-refractivity contribution in [3.8, 4) is 0 Å². The molecule has 0 amide bonds. The molecular formula is C12H19N3O2S. The molecule has 1 aromatic rings. The normalized spacial score (nSPS) is 18.3. The molecule has 0 bridgehead atoms. The summed E-state index contributed by atoms with van der Waals surface area (Å²) < 4.78 is 26.7. The van der Waals surface area contributed by atoms with Gasteiger partial charge in [0.2, 0.25) is 10.0 Å². The van der Waals surface area contributed by atoms with Gasteiger partial charge in [-0.2, -0.15) is 0 Å². The minimum atomic E-state index is -3.28. The Morgan fingerprint density at radius 3 is 2.67 bits per heavy atom. The average molecular weight is 269 g/mol. The molecule has 5 nitrogen and oxygen atoms in total. The van der Waals surface area contributed by atoms with Crippen LogP contribution in [0.15, 0.2) is 24.4 Å². The highest BCUT2D eigenvalue weighted by atomic mass is 32.2. The van der Waals surface area contributed by atoms with E-state index in [1.165, 1.54) is 0 Å². The summed E-state index contributed by atoms with van der Waals surface area (Å²) in [6.07, 6.45) is 4.82. The summed E-state index contributed by atoms with van der Waals surface area (Å²) in [6, 6.07) is 5.50. The monoisotopic (exact) mass is 269 g/mol. The van der Waals surface area contributed by atoms with Gasteiger partial charge in [0.1, 0.15) is 0 Å². The molecule has 3 N–H and O–H groups in total. The van der Waals surface area contributed by atoms with Gasteiger partial charge in [-0.25, -0.2) is 13.1 Å². The third kappa shape index (κ3) is 3.28. The van der Waals surface area contributed by atoms with E-state index in [0.717, 1.165) is 25.0 Å². The minimum absolute atomic E-state index is 0.0613. The molecule has 0 aromatic carbocycles. The van der Waals surface area contributed by atoms with Crippen LogP contribution in [0.5, 0.6) is 0 Å². The van der Waals surface area contributed by atoms with E-state index >= 15 is 0 Å². The van der Waals surface area contributed by atoms with Crippen molar-refractivity contribution in [3.63, 3.8) is 0 Å². The van der Waals surface area contributed by atoms with Crippen LogP contribution in [0.25, 0.3) is 0 Å². The van der Waals surface area contributed by atoms with Crippen LogP contribution in [0.2, 0.25) is 0 Å². The van der Waals surface area contributed by atoms with E-state index in [9.17, 15) is 8.42 Å². The second kappa shape index (κ2) is 5.34. The zero-order chi connectivity index (χ0) is 13.1. The summed E-state index contributed by atoms with van der Waals surface area (Å²) >= 11 is 0. The number of pyridine rings is 1. The molecule has 1 aliphatic carbocycles. The predicted molar refractivity (Wildman–Crippen MR) is 70.5 cm³/mol. The average Bonchev–Trinajstić information content (AvgIpc) is 2.33. The van der Waals surface area contributed by atoms with Crippen molar-refractivity contribution in [1.29, 1.82) is 0 Å². The summed E-state index contributed by atoms with van der Waals surface area (Å²) in [5, 5.41) is 0. The Morgan fingerprint density at radius 2 is 2.17 bits per heavy atom. The van der Waals surface area contributed by atoms with Crippen LogP contribution < -0.4 is 10.5 Å². The molecule has 0 saturated heterocycles. The molecule has 1 aromatic heterocycles. The molecule has 1 fully saturated rings. The van der Waals surface area contributed by atoms with Crippen LogP contribution in [0.3, 0.4) is 0 Å². The first-order valence-electron chi connectivity index (χ1n) is 6.17. The number of aryl methyl sites for hydroxylation is 1. The fraction of sp³-hybridized carbons (Fsp3) is 0.583. The van der Waals surface area contributed by atoms with Gasteiger partial charge in [0.15, 0.2) is 0 Å². The maximum atomic E-state index is 12.0. The zero-order valence-electron chi connectivity index (χ0n) is 10.3. The number of nitrogens with zero attached hydrogens (tertiary/aromatic N) is 1. The van der Waals surface area contributed by atoms with E-state index in [4.69, 9.17) is 5.73 Å². The van der Waals surface area contributed by atoms with Crippen molar-refractivity contribution in [2.45, 2.75) is 31.2 Å². The predicted octanol–water partition coefficient (Wildman–Crippen LogP) is 0.425. The maximum Gasteiger partial charge on any atom is 0.212 e. The highest BCUT2D eigenvalue weighted by molar-refractivity contribution is 7.89. The van der Waals surface area contributed by atoms with Crippen LogP contribution >= 0.6 is 0 Å². The van der Waals surface area contributed by atoms with E-state index in [0.29, 0.717) is 13.0 Å². The van der Waals surface area contributed by atoms with E-state index in [1.54, 1.807) is 6.20 Å². The molecule has 1 saturated carbocycles.